The van der Waals surface area contributed by atoms with E-state index in [2.05, 4.69) is 5.32 Å². The Labute approximate surface area is 158 Å². The lowest BCUT2D eigenvalue weighted by Crippen LogP contribution is -2.35. The number of anilines is 2. The van der Waals surface area contributed by atoms with Crippen LogP contribution in [0.2, 0.25) is 0 Å². The van der Waals surface area contributed by atoms with Crippen molar-refractivity contribution >= 4 is 23.6 Å². The number of hydrogen-bond donors (Lipinski definition) is 1. The molecule has 0 radical (unpaired) electrons. The van der Waals surface area contributed by atoms with Crippen LogP contribution in [-0.2, 0) is 4.74 Å². The molecule has 0 aliphatic heterocycles. The lowest BCUT2D eigenvalue weighted by atomic mass is 10.1. The zero-order valence-corrected chi connectivity index (χ0v) is 15.5. The predicted molar refractivity (Wildman–Crippen MR) is 102 cm³/mol. The number of carbonyl (C=O) groups is 2. The fourth-order valence-corrected chi connectivity index (χ4v) is 2.62. The highest BCUT2D eigenvalue weighted by Crippen LogP contribution is 2.26. The Morgan fingerprint density at radius 2 is 1.81 bits per heavy atom. The van der Waals surface area contributed by atoms with Crippen molar-refractivity contribution in [2.45, 2.75) is 20.8 Å². The summed E-state index contributed by atoms with van der Waals surface area (Å²) in [6.07, 6.45) is -1.27. The molecule has 27 heavy (non-hydrogen) atoms. The van der Waals surface area contributed by atoms with Crippen LogP contribution in [0, 0.1) is 25.2 Å². The van der Waals surface area contributed by atoms with Gasteiger partial charge in [0.2, 0.25) is 0 Å². The van der Waals surface area contributed by atoms with E-state index >= 15 is 0 Å². The summed E-state index contributed by atoms with van der Waals surface area (Å²) < 4.78 is 10.2. The first-order chi connectivity index (χ1) is 13.0. The number of benzene rings is 2. The highest BCUT2D eigenvalue weighted by Gasteiger charge is 2.21. The van der Waals surface area contributed by atoms with Gasteiger partial charge in [0.25, 0.3) is 0 Å². The van der Waals surface area contributed by atoms with Crippen molar-refractivity contribution in [2.75, 3.05) is 23.4 Å². The van der Waals surface area contributed by atoms with E-state index in [-0.39, 0.29) is 18.9 Å². The molecule has 7 nitrogen and oxygen atoms in total. The number of carbonyl (C=O) groups excluding carboxylic acids is 2. The Kier molecular flexibility index (Phi) is 6.78. The molecule has 0 aliphatic rings. The molecule has 0 aliphatic carbocycles. The van der Waals surface area contributed by atoms with E-state index in [0.717, 1.165) is 11.1 Å². The number of nitriles is 1. The molecule has 0 fully saturated rings. The molecular formula is C20H21N3O4. The lowest BCUT2D eigenvalue weighted by molar-refractivity contribution is 0.168. The van der Waals surface area contributed by atoms with Crippen LogP contribution in [0.15, 0.2) is 42.5 Å². The largest absolute Gasteiger partial charge is 0.450 e. The zero-order chi connectivity index (χ0) is 19.8. The van der Waals surface area contributed by atoms with Gasteiger partial charge in [-0.2, -0.15) is 5.26 Å². The summed E-state index contributed by atoms with van der Waals surface area (Å²) in [4.78, 5) is 25.5. The molecular weight excluding hydrogens is 346 g/mol. The van der Waals surface area contributed by atoms with Crippen LogP contribution in [0.25, 0.3) is 0 Å². The second-order valence-electron chi connectivity index (χ2n) is 5.73. The third-order valence-corrected chi connectivity index (χ3v) is 3.72. The van der Waals surface area contributed by atoms with Crippen molar-refractivity contribution in [3.63, 3.8) is 0 Å². The maximum Gasteiger partial charge on any atom is 0.420 e. The molecule has 2 amide bonds. The Bertz CT molecular complexity index is 854. The van der Waals surface area contributed by atoms with Crippen molar-refractivity contribution < 1.29 is 19.1 Å². The van der Waals surface area contributed by atoms with Crippen molar-refractivity contribution in [3.05, 3.63) is 53.6 Å². The first kappa shape index (κ1) is 19.8. The second-order valence-corrected chi connectivity index (χ2v) is 5.73. The van der Waals surface area contributed by atoms with Gasteiger partial charge in [-0.05, 0) is 44.0 Å². The van der Waals surface area contributed by atoms with Crippen LogP contribution < -0.4 is 15.0 Å². The Morgan fingerprint density at radius 1 is 1.15 bits per heavy atom. The van der Waals surface area contributed by atoms with Gasteiger partial charge in [-0.3, -0.25) is 10.2 Å². The molecule has 0 bridgehead atoms. The molecule has 1 N–H and O–H groups in total. The van der Waals surface area contributed by atoms with E-state index in [9.17, 15) is 9.59 Å². The van der Waals surface area contributed by atoms with Crippen LogP contribution in [0.3, 0.4) is 0 Å². The van der Waals surface area contributed by atoms with Gasteiger partial charge in [0.15, 0.2) is 0 Å². The van der Waals surface area contributed by atoms with Gasteiger partial charge in [0.1, 0.15) is 12.3 Å². The van der Waals surface area contributed by atoms with Crippen molar-refractivity contribution in [2.24, 2.45) is 0 Å². The molecule has 0 saturated carbocycles. The average molecular weight is 367 g/mol. The molecule has 2 aromatic rings. The van der Waals surface area contributed by atoms with E-state index in [4.69, 9.17) is 14.7 Å². The van der Waals surface area contributed by atoms with Crippen molar-refractivity contribution in [3.8, 4) is 11.8 Å². The molecule has 2 rings (SSSR count). The second kappa shape index (κ2) is 9.25. The number of hydrogen-bond acceptors (Lipinski definition) is 5. The first-order valence-electron chi connectivity index (χ1n) is 8.42. The molecule has 0 aromatic heterocycles. The first-order valence-corrected chi connectivity index (χ1v) is 8.42. The summed E-state index contributed by atoms with van der Waals surface area (Å²) in [5.41, 5.74) is 2.79. The summed E-state index contributed by atoms with van der Waals surface area (Å²) in [5.74, 6) is 0.239. The van der Waals surface area contributed by atoms with Gasteiger partial charge in [-0.25, -0.2) is 9.59 Å². The number of rotatable bonds is 5. The third-order valence-electron chi connectivity index (χ3n) is 3.72. The van der Waals surface area contributed by atoms with Crippen molar-refractivity contribution in [1.82, 2.24) is 0 Å². The monoisotopic (exact) mass is 367 g/mol. The van der Waals surface area contributed by atoms with E-state index in [1.54, 1.807) is 25.1 Å². The summed E-state index contributed by atoms with van der Waals surface area (Å²) in [6.45, 7) is 5.54. The minimum atomic E-state index is -0.678. The van der Waals surface area contributed by atoms with Crippen LogP contribution in [0.4, 0.5) is 21.0 Å². The van der Waals surface area contributed by atoms with Crippen molar-refractivity contribution in [1.29, 1.82) is 5.26 Å². The van der Waals surface area contributed by atoms with Crippen LogP contribution in [0.1, 0.15) is 18.1 Å². The van der Waals surface area contributed by atoms with Gasteiger partial charge in [-0.1, -0.05) is 24.3 Å². The summed E-state index contributed by atoms with van der Waals surface area (Å²) in [7, 11) is 0. The number of amides is 2. The molecule has 0 heterocycles. The minimum Gasteiger partial charge on any atom is -0.450 e. The van der Waals surface area contributed by atoms with E-state index in [0.29, 0.717) is 11.4 Å². The summed E-state index contributed by atoms with van der Waals surface area (Å²) in [5, 5.41) is 11.7. The molecule has 2 aromatic carbocycles. The zero-order valence-electron chi connectivity index (χ0n) is 15.5. The SMILES string of the molecule is CCOC(=O)Nc1cccc(OC(=O)N(CC#N)c2c(C)cccc2C)c1. The van der Waals surface area contributed by atoms with E-state index < -0.39 is 12.2 Å². The molecule has 0 atom stereocenters. The standard InChI is InChI=1S/C20H21N3O4/c1-4-26-19(24)22-16-9-6-10-17(13-16)27-20(25)23(12-11-21)18-14(2)7-5-8-15(18)3/h5-10,13H,4,12H2,1-3H3,(H,22,24). The summed E-state index contributed by atoms with van der Waals surface area (Å²) >= 11 is 0. The van der Waals surface area contributed by atoms with Crippen LogP contribution >= 0.6 is 0 Å². The van der Waals surface area contributed by atoms with Gasteiger partial charge in [-0.15, -0.1) is 0 Å². The topological polar surface area (TPSA) is 91.7 Å². The van der Waals surface area contributed by atoms with Gasteiger partial charge < -0.3 is 9.47 Å². The smallest absolute Gasteiger partial charge is 0.420 e. The number of para-hydroxylation sites is 1. The quantitative estimate of drug-likeness (QED) is 0.791. The number of aryl methyl sites for hydroxylation is 2. The maximum atomic E-state index is 12.7. The fraction of sp³-hybridized carbons (Fsp3) is 0.250. The average Bonchev–Trinajstić information content (AvgIpc) is 2.61. The Balaban J connectivity index is 2.21. The Hall–Kier alpha value is -3.53. The summed E-state index contributed by atoms with van der Waals surface area (Å²) in [6, 6.07) is 14.0. The minimum absolute atomic E-state index is 0.148. The number of ether oxygens (including phenoxy) is 2. The highest BCUT2D eigenvalue weighted by molar-refractivity contribution is 5.92. The van der Waals surface area contributed by atoms with Crippen LogP contribution in [-0.4, -0.2) is 25.3 Å². The third kappa shape index (κ3) is 5.22. The predicted octanol–water partition coefficient (Wildman–Crippen LogP) is 4.40. The highest BCUT2D eigenvalue weighted by atomic mass is 16.6. The van der Waals surface area contributed by atoms with Gasteiger partial charge >= 0.3 is 12.2 Å². The van der Waals surface area contributed by atoms with E-state index in [1.165, 1.54) is 11.0 Å². The maximum absolute atomic E-state index is 12.7. The number of nitrogens with one attached hydrogen (secondary N) is 1. The lowest BCUT2D eigenvalue weighted by Gasteiger charge is -2.23. The van der Waals surface area contributed by atoms with Gasteiger partial charge in [0, 0.05) is 11.8 Å². The van der Waals surface area contributed by atoms with E-state index in [1.807, 2.05) is 38.1 Å². The normalized spacial score (nSPS) is 9.85. The molecule has 7 heteroatoms. The number of nitrogens with zero attached hydrogens (tertiary/aromatic N) is 2. The van der Waals surface area contributed by atoms with Crippen LogP contribution in [0.5, 0.6) is 5.75 Å². The van der Waals surface area contributed by atoms with Gasteiger partial charge in [0.05, 0.1) is 18.4 Å². The molecule has 0 saturated heterocycles. The molecule has 0 spiro atoms. The fourth-order valence-electron chi connectivity index (χ4n) is 2.62. The molecule has 140 valence electrons. The Morgan fingerprint density at radius 3 is 2.44 bits per heavy atom. The molecule has 0 unspecified atom stereocenters.